The molecule has 1 aliphatic rings. The molecule has 0 spiro atoms. The van der Waals surface area contributed by atoms with Gasteiger partial charge in [-0.2, -0.15) is 0 Å². The van der Waals surface area contributed by atoms with Crippen LogP contribution in [0.4, 0.5) is 5.69 Å². The van der Waals surface area contributed by atoms with Crippen LogP contribution in [0.25, 0.3) is 10.9 Å². The van der Waals surface area contributed by atoms with Gasteiger partial charge in [0.2, 0.25) is 5.91 Å². The molecule has 6 heteroatoms. The molecule has 1 aromatic heterocycles. The van der Waals surface area contributed by atoms with Gasteiger partial charge >= 0.3 is 0 Å². The molecule has 24 heavy (non-hydrogen) atoms. The van der Waals surface area contributed by atoms with E-state index in [9.17, 15) is 4.79 Å². The molecule has 0 aliphatic heterocycles. The molecule has 2 aromatic rings. The second-order valence-electron chi connectivity index (χ2n) is 6.45. The summed E-state index contributed by atoms with van der Waals surface area (Å²) in [7, 11) is 0. The van der Waals surface area contributed by atoms with Crippen LogP contribution >= 0.6 is 24.8 Å². The first kappa shape index (κ1) is 20.8. The fourth-order valence-electron chi connectivity index (χ4n) is 3.38. The Hall–Kier alpha value is -1.23. The van der Waals surface area contributed by atoms with Crippen molar-refractivity contribution in [2.75, 3.05) is 5.32 Å². The molecular formula is C18H27Cl2N3O. The number of amides is 1. The van der Waals surface area contributed by atoms with Gasteiger partial charge in [0.05, 0.1) is 5.54 Å². The van der Waals surface area contributed by atoms with Crippen molar-refractivity contribution in [1.82, 2.24) is 4.57 Å². The molecule has 4 nitrogen and oxygen atoms in total. The lowest BCUT2D eigenvalue weighted by molar-refractivity contribution is -0.122. The second kappa shape index (κ2) is 8.75. The lowest BCUT2D eigenvalue weighted by atomic mass is 9.82. The molecule has 3 rings (SSSR count). The van der Waals surface area contributed by atoms with Gasteiger partial charge < -0.3 is 15.6 Å². The third kappa shape index (κ3) is 4.24. The van der Waals surface area contributed by atoms with E-state index in [2.05, 4.69) is 35.1 Å². The van der Waals surface area contributed by atoms with Gasteiger partial charge in [-0.1, -0.05) is 26.2 Å². The van der Waals surface area contributed by atoms with Crippen molar-refractivity contribution in [2.45, 2.75) is 57.5 Å². The van der Waals surface area contributed by atoms with E-state index in [1.807, 2.05) is 12.1 Å². The van der Waals surface area contributed by atoms with Gasteiger partial charge in [-0.3, -0.25) is 4.79 Å². The fourth-order valence-corrected chi connectivity index (χ4v) is 3.38. The Balaban J connectivity index is 0.00000144. The Morgan fingerprint density at radius 1 is 1.21 bits per heavy atom. The largest absolute Gasteiger partial charge is 0.347 e. The minimum absolute atomic E-state index is 0. The first-order valence-corrected chi connectivity index (χ1v) is 8.32. The number of halogens is 2. The molecule has 1 aromatic carbocycles. The summed E-state index contributed by atoms with van der Waals surface area (Å²) in [6.45, 7) is 3.19. The van der Waals surface area contributed by atoms with Crippen LogP contribution in [0.2, 0.25) is 0 Å². The minimum atomic E-state index is -0.693. The summed E-state index contributed by atoms with van der Waals surface area (Å²) >= 11 is 0. The van der Waals surface area contributed by atoms with E-state index in [1.165, 1.54) is 11.9 Å². The number of nitrogens with zero attached hydrogens (tertiary/aromatic N) is 1. The zero-order chi connectivity index (χ0) is 15.6. The standard InChI is InChI=1S/C18H25N3O.2ClH/c1-2-11-21-12-8-14-13-15(6-7-16(14)21)20-17(22)18(19)9-4-3-5-10-18;;/h6-8,12-13H,2-5,9-11,19H2,1H3,(H,20,22);2*1H. The predicted octanol–water partition coefficient (Wildman–Crippen LogP) is 4.50. The van der Waals surface area contributed by atoms with E-state index < -0.39 is 5.54 Å². The smallest absolute Gasteiger partial charge is 0.244 e. The van der Waals surface area contributed by atoms with Crippen molar-refractivity contribution in [2.24, 2.45) is 5.73 Å². The summed E-state index contributed by atoms with van der Waals surface area (Å²) in [5.74, 6) is -0.0421. The number of hydrogen-bond acceptors (Lipinski definition) is 2. The van der Waals surface area contributed by atoms with Crippen molar-refractivity contribution < 1.29 is 4.79 Å². The number of anilines is 1. The SMILES string of the molecule is CCCn1ccc2cc(NC(=O)C3(N)CCCCC3)ccc21.Cl.Cl. The highest BCUT2D eigenvalue weighted by Gasteiger charge is 2.35. The third-order valence-electron chi connectivity index (χ3n) is 4.69. The van der Waals surface area contributed by atoms with Crippen LogP contribution in [-0.4, -0.2) is 16.0 Å². The number of fused-ring (bicyclic) bond motifs is 1. The van der Waals surface area contributed by atoms with E-state index in [-0.39, 0.29) is 30.7 Å². The zero-order valence-corrected chi connectivity index (χ0v) is 15.7. The highest BCUT2D eigenvalue weighted by atomic mass is 35.5. The average Bonchev–Trinajstić information content (AvgIpc) is 2.91. The van der Waals surface area contributed by atoms with Crippen LogP contribution in [0.15, 0.2) is 30.5 Å². The summed E-state index contributed by atoms with van der Waals surface area (Å²) in [5.41, 5.74) is 7.64. The van der Waals surface area contributed by atoms with Crippen LogP contribution in [-0.2, 0) is 11.3 Å². The Morgan fingerprint density at radius 2 is 1.92 bits per heavy atom. The minimum Gasteiger partial charge on any atom is -0.347 e. The highest BCUT2D eigenvalue weighted by Crippen LogP contribution is 2.28. The van der Waals surface area contributed by atoms with E-state index in [0.29, 0.717) is 0 Å². The highest BCUT2D eigenvalue weighted by molar-refractivity contribution is 5.99. The van der Waals surface area contributed by atoms with Crippen molar-refractivity contribution in [3.63, 3.8) is 0 Å². The number of aromatic nitrogens is 1. The summed E-state index contributed by atoms with van der Waals surface area (Å²) < 4.78 is 2.24. The Bertz CT molecular complexity index is 678. The molecule has 0 atom stereocenters. The number of rotatable bonds is 4. The Morgan fingerprint density at radius 3 is 2.58 bits per heavy atom. The molecule has 1 fully saturated rings. The Kier molecular flexibility index (Phi) is 7.58. The second-order valence-corrected chi connectivity index (χ2v) is 6.45. The van der Waals surface area contributed by atoms with Gasteiger partial charge in [-0.15, -0.1) is 24.8 Å². The van der Waals surface area contributed by atoms with E-state index in [0.717, 1.165) is 49.7 Å². The van der Waals surface area contributed by atoms with Gasteiger partial charge in [-0.25, -0.2) is 0 Å². The normalized spacial score (nSPS) is 16.1. The van der Waals surface area contributed by atoms with Crippen molar-refractivity contribution in [1.29, 1.82) is 0 Å². The summed E-state index contributed by atoms with van der Waals surface area (Å²) in [5, 5.41) is 4.17. The number of benzene rings is 1. The molecule has 134 valence electrons. The number of hydrogen-bond donors (Lipinski definition) is 2. The lowest BCUT2D eigenvalue weighted by Gasteiger charge is -2.31. The molecule has 0 bridgehead atoms. The topological polar surface area (TPSA) is 60.0 Å². The number of nitrogens with two attached hydrogens (primary N) is 1. The first-order valence-electron chi connectivity index (χ1n) is 8.32. The lowest BCUT2D eigenvalue weighted by Crippen LogP contribution is -2.52. The van der Waals surface area contributed by atoms with Gasteiger partial charge in [0.1, 0.15) is 0 Å². The quantitative estimate of drug-likeness (QED) is 0.831. The van der Waals surface area contributed by atoms with Gasteiger partial charge in [0.25, 0.3) is 0 Å². The maximum Gasteiger partial charge on any atom is 0.244 e. The third-order valence-corrected chi connectivity index (χ3v) is 4.69. The molecule has 1 amide bonds. The van der Waals surface area contributed by atoms with Crippen LogP contribution < -0.4 is 11.1 Å². The average molecular weight is 372 g/mol. The van der Waals surface area contributed by atoms with E-state index in [1.54, 1.807) is 0 Å². The maximum atomic E-state index is 12.5. The molecule has 0 saturated heterocycles. The maximum absolute atomic E-state index is 12.5. The Labute approximate surface area is 156 Å². The molecule has 1 heterocycles. The molecule has 0 radical (unpaired) electrons. The van der Waals surface area contributed by atoms with Crippen LogP contribution in [0.3, 0.4) is 0 Å². The predicted molar refractivity (Wildman–Crippen MR) is 105 cm³/mol. The van der Waals surface area contributed by atoms with Crippen molar-refractivity contribution >= 4 is 47.3 Å². The number of nitrogens with one attached hydrogen (secondary N) is 1. The van der Waals surface area contributed by atoms with Crippen molar-refractivity contribution in [3.05, 3.63) is 30.5 Å². The number of aryl methyl sites for hydroxylation is 1. The molecule has 3 N–H and O–H groups in total. The zero-order valence-electron chi connectivity index (χ0n) is 14.1. The first-order chi connectivity index (χ1) is 10.6. The van der Waals surface area contributed by atoms with E-state index in [4.69, 9.17) is 5.73 Å². The van der Waals surface area contributed by atoms with Gasteiger partial charge in [-0.05, 0) is 43.5 Å². The molecular weight excluding hydrogens is 345 g/mol. The van der Waals surface area contributed by atoms with Crippen LogP contribution in [0.1, 0.15) is 45.4 Å². The van der Waals surface area contributed by atoms with Crippen LogP contribution in [0, 0.1) is 0 Å². The summed E-state index contributed by atoms with van der Waals surface area (Å²) in [4.78, 5) is 12.5. The molecule has 0 unspecified atom stereocenters. The monoisotopic (exact) mass is 371 g/mol. The summed E-state index contributed by atoms with van der Waals surface area (Å²) in [6, 6.07) is 8.17. The number of carbonyl (C=O) groups is 1. The van der Waals surface area contributed by atoms with Crippen LogP contribution in [0.5, 0.6) is 0 Å². The molecule has 1 saturated carbocycles. The molecule has 1 aliphatic carbocycles. The fraction of sp³-hybridized carbons (Fsp3) is 0.500. The van der Waals surface area contributed by atoms with Gasteiger partial charge in [0.15, 0.2) is 0 Å². The number of carbonyl (C=O) groups excluding carboxylic acids is 1. The van der Waals surface area contributed by atoms with E-state index >= 15 is 0 Å². The van der Waals surface area contributed by atoms with Gasteiger partial charge in [0, 0.05) is 29.3 Å². The van der Waals surface area contributed by atoms with Crippen molar-refractivity contribution in [3.8, 4) is 0 Å². The summed E-state index contributed by atoms with van der Waals surface area (Å²) in [6.07, 6.45) is 8.06.